The van der Waals surface area contributed by atoms with Crippen LogP contribution in [0.3, 0.4) is 0 Å². The smallest absolute Gasteiger partial charge is 0.274 e. The molecule has 7 heteroatoms. The SMILES string of the molecule is O=C(Nc1nc(C=Cc2ccc(F)cc2)cs1)c1cccn1Cc1ccncc1. The van der Waals surface area contributed by atoms with Crippen molar-refractivity contribution in [2.45, 2.75) is 6.54 Å². The monoisotopic (exact) mass is 404 g/mol. The highest BCUT2D eigenvalue weighted by molar-refractivity contribution is 7.14. The summed E-state index contributed by atoms with van der Waals surface area (Å²) in [4.78, 5) is 21.1. The molecule has 5 nitrogen and oxygen atoms in total. The van der Waals surface area contributed by atoms with Crippen LogP contribution in [-0.4, -0.2) is 20.4 Å². The predicted molar refractivity (Wildman–Crippen MR) is 113 cm³/mol. The quantitative estimate of drug-likeness (QED) is 0.495. The Morgan fingerprint density at radius 3 is 2.69 bits per heavy atom. The minimum atomic E-state index is -0.269. The van der Waals surface area contributed by atoms with Crippen molar-refractivity contribution in [3.63, 3.8) is 0 Å². The summed E-state index contributed by atoms with van der Waals surface area (Å²) in [6.07, 6.45) is 9.00. The first-order chi connectivity index (χ1) is 14.2. The number of halogens is 1. The van der Waals surface area contributed by atoms with Crippen molar-refractivity contribution in [3.8, 4) is 0 Å². The van der Waals surface area contributed by atoms with Crippen LogP contribution in [-0.2, 0) is 6.54 Å². The number of thiazole rings is 1. The van der Waals surface area contributed by atoms with Crippen LogP contribution in [0.25, 0.3) is 12.2 Å². The Morgan fingerprint density at radius 1 is 1.10 bits per heavy atom. The lowest BCUT2D eigenvalue weighted by atomic mass is 10.2. The number of nitrogens with zero attached hydrogens (tertiary/aromatic N) is 3. The molecule has 0 fully saturated rings. The number of benzene rings is 1. The average Bonchev–Trinajstić information content (AvgIpc) is 3.38. The average molecular weight is 404 g/mol. The summed E-state index contributed by atoms with van der Waals surface area (Å²) in [6.45, 7) is 0.585. The van der Waals surface area contributed by atoms with Crippen LogP contribution in [0.15, 0.2) is 72.5 Å². The summed E-state index contributed by atoms with van der Waals surface area (Å²) >= 11 is 1.35. The molecule has 29 heavy (non-hydrogen) atoms. The van der Waals surface area contributed by atoms with Crippen LogP contribution in [0, 0.1) is 5.82 Å². The van der Waals surface area contributed by atoms with E-state index >= 15 is 0 Å². The second-order valence-electron chi connectivity index (χ2n) is 6.29. The molecular weight excluding hydrogens is 387 g/mol. The van der Waals surface area contributed by atoms with Gasteiger partial charge in [0.05, 0.1) is 5.69 Å². The van der Waals surface area contributed by atoms with Crippen molar-refractivity contribution in [1.82, 2.24) is 14.5 Å². The number of carbonyl (C=O) groups excluding carboxylic acids is 1. The van der Waals surface area contributed by atoms with Crippen LogP contribution >= 0.6 is 11.3 Å². The van der Waals surface area contributed by atoms with Crippen LogP contribution in [0.2, 0.25) is 0 Å². The van der Waals surface area contributed by atoms with Gasteiger partial charge >= 0.3 is 0 Å². The van der Waals surface area contributed by atoms with E-state index in [1.165, 1.54) is 23.5 Å². The Morgan fingerprint density at radius 2 is 1.90 bits per heavy atom. The number of pyridine rings is 1. The Hall–Kier alpha value is -3.58. The molecule has 0 aliphatic heterocycles. The van der Waals surface area contributed by atoms with Crippen molar-refractivity contribution in [2.75, 3.05) is 5.32 Å². The molecule has 0 atom stereocenters. The fraction of sp³-hybridized carbons (Fsp3) is 0.0455. The minimum absolute atomic E-state index is 0.215. The number of hydrogen-bond donors (Lipinski definition) is 1. The second kappa shape index (κ2) is 8.62. The van der Waals surface area contributed by atoms with Crippen LogP contribution in [0.4, 0.5) is 9.52 Å². The summed E-state index contributed by atoms with van der Waals surface area (Å²) in [6, 6.07) is 13.7. The third-order valence-electron chi connectivity index (χ3n) is 4.22. The zero-order valence-electron chi connectivity index (χ0n) is 15.3. The van der Waals surface area contributed by atoms with Gasteiger partial charge in [-0.1, -0.05) is 18.2 Å². The lowest BCUT2D eigenvalue weighted by Crippen LogP contribution is -2.17. The molecular formula is C22H17FN4OS. The molecule has 0 bridgehead atoms. The Balaban J connectivity index is 1.42. The van der Waals surface area contributed by atoms with E-state index in [4.69, 9.17) is 0 Å². The highest BCUT2D eigenvalue weighted by Gasteiger charge is 2.13. The molecule has 0 aliphatic carbocycles. The molecule has 144 valence electrons. The van der Waals surface area contributed by atoms with Gasteiger partial charge in [-0.2, -0.15) is 0 Å². The fourth-order valence-corrected chi connectivity index (χ4v) is 3.45. The number of aromatic nitrogens is 3. The molecule has 3 aromatic heterocycles. The third-order valence-corrected chi connectivity index (χ3v) is 5.00. The van der Waals surface area contributed by atoms with E-state index in [-0.39, 0.29) is 11.7 Å². The van der Waals surface area contributed by atoms with E-state index in [1.54, 1.807) is 30.6 Å². The molecule has 3 heterocycles. The van der Waals surface area contributed by atoms with Crippen molar-refractivity contribution >= 4 is 34.5 Å². The van der Waals surface area contributed by atoms with E-state index in [2.05, 4.69) is 15.3 Å². The molecule has 0 saturated carbocycles. The molecule has 4 rings (SSSR count). The normalized spacial score (nSPS) is 11.1. The van der Waals surface area contributed by atoms with Gasteiger partial charge in [0.1, 0.15) is 11.5 Å². The summed E-state index contributed by atoms with van der Waals surface area (Å²) in [5, 5.41) is 5.22. The zero-order chi connectivity index (χ0) is 20.1. The molecule has 0 saturated heterocycles. The highest BCUT2D eigenvalue weighted by Crippen LogP contribution is 2.19. The predicted octanol–water partition coefficient (Wildman–Crippen LogP) is 4.95. The van der Waals surface area contributed by atoms with Gasteiger partial charge in [0.25, 0.3) is 5.91 Å². The Labute approximate surface area is 171 Å². The second-order valence-corrected chi connectivity index (χ2v) is 7.15. The molecule has 1 amide bonds. The standard InChI is InChI=1S/C22H17FN4OS/c23-18-6-3-16(4-7-18)5-8-19-15-29-22(25-19)26-21(28)20-2-1-13-27(20)14-17-9-11-24-12-10-17/h1-13,15H,14H2,(H,25,26,28). The van der Waals surface area contributed by atoms with Gasteiger partial charge in [0.15, 0.2) is 5.13 Å². The van der Waals surface area contributed by atoms with E-state index in [1.807, 2.05) is 46.5 Å². The van der Waals surface area contributed by atoms with Gasteiger partial charge < -0.3 is 4.57 Å². The topological polar surface area (TPSA) is 59.8 Å². The van der Waals surface area contributed by atoms with E-state index in [0.29, 0.717) is 17.4 Å². The van der Waals surface area contributed by atoms with Crippen LogP contribution in [0.5, 0.6) is 0 Å². The minimum Gasteiger partial charge on any atom is -0.339 e. The van der Waals surface area contributed by atoms with Crippen LogP contribution in [0.1, 0.15) is 27.3 Å². The Kier molecular flexibility index (Phi) is 5.58. The largest absolute Gasteiger partial charge is 0.339 e. The molecule has 1 aromatic carbocycles. The van der Waals surface area contributed by atoms with Gasteiger partial charge in [-0.15, -0.1) is 11.3 Å². The fourth-order valence-electron chi connectivity index (χ4n) is 2.78. The Bertz CT molecular complexity index is 1130. The van der Waals surface area contributed by atoms with Crippen molar-refractivity contribution < 1.29 is 9.18 Å². The number of hydrogen-bond acceptors (Lipinski definition) is 4. The van der Waals surface area contributed by atoms with E-state index in [9.17, 15) is 9.18 Å². The first-order valence-electron chi connectivity index (χ1n) is 8.92. The van der Waals surface area contributed by atoms with E-state index in [0.717, 1.165) is 16.8 Å². The van der Waals surface area contributed by atoms with Gasteiger partial charge in [0.2, 0.25) is 0 Å². The van der Waals surface area contributed by atoms with Gasteiger partial charge in [-0.25, -0.2) is 9.37 Å². The summed E-state index contributed by atoms with van der Waals surface area (Å²) < 4.78 is 14.8. The number of amides is 1. The molecule has 0 aliphatic rings. The van der Waals surface area contributed by atoms with Crippen molar-refractivity contribution in [3.05, 3.63) is 101 Å². The number of anilines is 1. The molecule has 0 radical (unpaired) electrons. The maximum absolute atomic E-state index is 13.0. The molecule has 0 spiro atoms. The van der Waals surface area contributed by atoms with Crippen molar-refractivity contribution in [2.24, 2.45) is 0 Å². The lowest BCUT2D eigenvalue weighted by Gasteiger charge is -2.08. The van der Waals surface area contributed by atoms with E-state index < -0.39 is 0 Å². The third kappa shape index (κ3) is 4.83. The molecule has 4 aromatic rings. The van der Waals surface area contributed by atoms with Gasteiger partial charge in [0, 0.05) is 30.5 Å². The molecule has 1 N–H and O–H groups in total. The number of carbonyl (C=O) groups is 1. The van der Waals surface area contributed by atoms with Gasteiger partial charge in [-0.3, -0.25) is 15.1 Å². The summed E-state index contributed by atoms with van der Waals surface area (Å²) in [5.74, 6) is -0.484. The number of nitrogens with one attached hydrogen (secondary N) is 1. The first-order valence-corrected chi connectivity index (χ1v) is 9.80. The summed E-state index contributed by atoms with van der Waals surface area (Å²) in [7, 11) is 0. The maximum atomic E-state index is 13.0. The maximum Gasteiger partial charge on any atom is 0.274 e. The van der Waals surface area contributed by atoms with Crippen molar-refractivity contribution in [1.29, 1.82) is 0 Å². The molecule has 0 unspecified atom stereocenters. The lowest BCUT2D eigenvalue weighted by molar-refractivity contribution is 0.101. The first kappa shape index (κ1) is 18.8. The van der Waals surface area contributed by atoms with Crippen LogP contribution < -0.4 is 5.32 Å². The summed E-state index contributed by atoms with van der Waals surface area (Å²) in [5.41, 5.74) is 3.22. The number of rotatable bonds is 6. The van der Waals surface area contributed by atoms with Gasteiger partial charge in [-0.05, 0) is 53.6 Å². The highest BCUT2D eigenvalue weighted by atomic mass is 32.1. The zero-order valence-corrected chi connectivity index (χ0v) is 16.1.